The number of nitrogens with two attached hydrogens (primary N) is 1. The maximum absolute atomic E-state index is 11.2. The molecule has 1 aromatic heterocycles. The number of carbonyl (C=O) groups excluding carboxylic acids is 1. The molecule has 0 bridgehead atoms. The van der Waals surface area contributed by atoms with E-state index in [0.29, 0.717) is 11.4 Å². The maximum Gasteiger partial charge on any atom is 0.259 e. The van der Waals surface area contributed by atoms with Crippen LogP contribution in [0.3, 0.4) is 0 Å². The third-order valence-corrected chi connectivity index (χ3v) is 3.09. The quantitative estimate of drug-likeness (QED) is 0.688. The monoisotopic (exact) mass is 280 g/mol. The number of rotatable bonds is 3. The van der Waals surface area contributed by atoms with E-state index >= 15 is 0 Å². The van der Waals surface area contributed by atoms with Gasteiger partial charge in [0.25, 0.3) is 5.91 Å². The summed E-state index contributed by atoms with van der Waals surface area (Å²) >= 11 is 0. The molecule has 0 fully saturated rings. The number of pyridine rings is 1. The number of anilines is 1. The van der Waals surface area contributed by atoms with E-state index in [-0.39, 0.29) is 5.57 Å². The van der Waals surface area contributed by atoms with Crippen LogP contribution in [0.2, 0.25) is 0 Å². The Hall–Kier alpha value is -2.87. The van der Waals surface area contributed by atoms with E-state index in [1.807, 2.05) is 56.3 Å². The second kappa shape index (κ2) is 5.63. The van der Waals surface area contributed by atoms with Gasteiger partial charge in [-0.05, 0) is 30.7 Å². The van der Waals surface area contributed by atoms with E-state index in [1.165, 1.54) is 6.08 Å². The molecule has 0 atom stereocenters. The van der Waals surface area contributed by atoms with Crippen molar-refractivity contribution in [1.29, 1.82) is 5.26 Å². The molecule has 0 aliphatic heterocycles. The van der Waals surface area contributed by atoms with Crippen molar-refractivity contribution in [2.75, 3.05) is 19.0 Å². The Kier molecular flexibility index (Phi) is 3.90. The van der Waals surface area contributed by atoms with Crippen LogP contribution < -0.4 is 10.6 Å². The summed E-state index contributed by atoms with van der Waals surface area (Å²) in [5, 5.41) is 9.93. The Morgan fingerprint density at radius 3 is 2.67 bits per heavy atom. The molecule has 0 spiro atoms. The molecule has 2 aromatic rings. The lowest BCUT2D eigenvalue weighted by molar-refractivity contribution is -0.114. The van der Waals surface area contributed by atoms with Crippen molar-refractivity contribution >= 4 is 28.7 Å². The van der Waals surface area contributed by atoms with Gasteiger partial charge in [0, 0.05) is 25.0 Å². The van der Waals surface area contributed by atoms with Crippen LogP contribution in [0.1, 0.15) is 11.1 Å². The van der Waals surface area contributed by atoms with Crippen LogP contribution in [0.5, 0.6) is 0 Å². The predicted molar refractivity (Wildman–Crippen MR) is 83.6 cm³/mol. The van der Waals surface area contributed by atoms with Gasteiger partial charge < -0.3 is 10.6 Å². The second-order valence-electron chi connectivity index (χ2n) is 5.03. The van der Waals surface area contributed by atoms with Crippen molar-refractivity contribution in [3.8, 4) is 6.07 Å². The van der Waals surface area contributed by atoms with Crippen LogP contribution in [0.4, 0.5) is 5.82 Å². The number of nitrogens with zero attached hydrogens (tertiary/aromatic N) is 3. The Labute approximate surface area is 123 Å². The fourth-order valence-corrected chi connectivity index (χ4v) is 2.06. The summed E-state index contributed by atoms with van der Waals surface area (Å²) in [6.07, 6.45) is 1.48. The highest BCUT2D eigenvalue weighted by atomic mass is 16.1. The normalized spacial score (nSPS) is 11.2. The summed E-state index contributed by atoms with van der Waals surface area (Å²) in [6, 6.07) is 9.66. The maximum atomic E-state index is 11.2. The zero-order valence-corrected chi connectivity index (χ0v) is 12.2. The minimum atomic E-state index is -0.744. The molecule has 5 heteroatoms. The third kappa shape index (κ3) is 3.00. The molecule has 1 aromatic carbocycles. The molecule has 21 heavy (non-hydrogen) atoms. The molecular formula is C16H16N4O. The molecule has 0 aliphatic carbocycles. The smallest absolute Gasteiger partial charge is 0.259 e. The van der Waals surface area contributed by atoms with Crippen molar-refractivity contribution in [2.45, 2.75) is 6.92 Å². The fraction of sp³-hybridized carbons (Fsp3) is 0.188. The Morgan fingerprint density at radius 2 is 2.10 bits per heavy atom. The molecule has 2 N–H and O–H groups in total. The van der Waals surface area contributed by atoms with Crippen LogP contribution in [-0.4, -0.2) is 25.0 Å². The minimum absolute atomic E-state index is 0.0913. The van der Waals surface area contributed by atoms with Crippen molar-refractivity contribution in [2.24, 2.45) is 5.73 Å². The average molecular weight is 280 g/mol. The molecule has 0 aliphatic rings. The number of aryl methyl sites for hydroxylation is 1. The van der Waals surface area contributed by atoms with Crippen molar-refractivity contribution in [3.05, 3.63) is 41.0 Å². The van der Waals surface area contributed by atoms with Crippen LogP contribution >= 0.6 is 0 Å². The molecule has 2 rings (SSSR count). The summed E-state index contributed by atoms with van der Waals surface area (Å²) in [7, 11) is 3.72. The van der Waals surface area contributed by atoms with Gasteiger partial charge in [0.15, 0.2) is 0 Å². The van der Waals surface area contributed by atoms with Crippen LogP contribution in [0, 0.1) is 18.3 Å². The van der Waals surface area contributed by atoms with Gasteiger partial charge in [-0.15, -0.1) is 0 Å². The standard InChI is InChI=1S/C16H16N4O/c1-10-4-5-11-7-12(8-13(9-17)15(18)21)16(20(2)3)19-14(11)6-10/h4-8H,1-3H3,(H2,18,21). The molecule has 1 heterocycles. The van der Waals surface area contributed by atoms with Gasteiger partial charge >= 0.3 is 0 Å². The zero-order valence-electron chi connectivity index (χ0n) is 12.2. The Balaban J connectivity index is 2.72. The first kappa shape index (κ1) is 14.5. The highest BCUT2D eigenvalue weighted by Gasteiger charge is 2.11. The van der Waals surface area contributed by atoms with Gasteiger partial charge in [0.2, 0.25) is 0 Å². The molecule has 106 valence electrons. The number of hydrogen-bond donors (Lipinski definition) is 1. The minimum Gasteiger partial charge on any atom is -0.365 e. The van der Waals surface area contributed by atoms with Crippen molar-refractivity contribution in [1.82, 2.24) is 4.98 Å². The molecule has 0 saturated heterocycles. The number of hydrogen-bond acceptors (Lipinski definition) is 4. The van der Waals surface area contributed by atoms with Crippen LogP contribution in [0.15, 0.2) is 29.8 Å². The first-order valence-electron chi connectivity index (χ1n) is 6.42. The lowest BCUT2D eigenvalue weighted by Crippen LogP contribution is -2.14. The van der Waals surface area contributed by atoms with Crippen LogP contribution in [-0.2, 0) is 4.79 Å². The van der Waals surface area contributed by atoms with E-state index in [9.17, 15) is 4.79 Å². The van der Waals surface area contributed by atoms with Crippen molar-refractivity contribution < 1.29 is 4.79 Å². The largest absolute Gasteiger partial charge is 0.365 e. The van der Waals surface area contributed by atoms with Gasteiger partial charge in [-0.25, -0.2) is 4.98 Å². The average Bonchev–Trinajstić information content (AvgIpc) is 2.43. The summed E-state index contributed by atoms with van der Waals surface area (Å²) in [5.41, 5.74) is 7.78. The molecule has 5 nitrogen and oxygen atoms in total. The lowest BCUT2D eigenvalue weighted by Gasteiger charge is -2.16. The van der Waals surface area contributed by atoms with E-state index in [0.717, 1.165) is 16.5 Å². The summed E-state index contributed by atoms with van der Waals surface area (Å²) < 4.78 is 0. The third-order valence-electron chi connectivity index (χ3n) is 3.09. The molecule has 1 amide bonds. The number of benzene rings is 1. The first-order valence-corrected chi connectivity index (χ1v) is 6.42. The molecule has 0 saturated carbocycles. The number of amides is 1. The van der Waals surface area contributed by atoms with Gasteiger partial charge in [-0.1, -0.05) is 12.1 Å². The number of primary amides is 1. The van der Waals surface area contributed by atoms with E-state index < -0.39 is 5.91 Å². The first-order chi connectivity index (χ1) is 9.92. The van der Waals surface area contributed by atoms with Crippen molar-refractivity contribution in [3.63, 3.8) is 0 Å². The SMILES string of the molecule is Cc1ccc2cc(C=C(C#N)C(N)=O)c(N(C)C)nc2c1. The Bertz CT molecular complexity index is 785. The molecule has 0 unspecified atom stereocenters. The van der Waals surface area contributed by atoms with E-state index in [1.54, 1.807) is 0 Å². The summed E-state index contributed by atoms with van der Waals surface area (Å²) in [6.45, 7) is 2.01. The Morgan fingerprint density at radius 1 is 1.38 bits per heavy atom. The lowest BCUT2D eigenvalue weighted by atomic mass is 10.1. The van der Waals surface area contributed by atoms with Gasteiger partial charge in [0.05, 0.1) is 5.52 Å². The summed E-state index contributed by atoms with van der Waals surface area (Å²) in [4.78, 5) is 17.7. The number of nitriles is 1. The van der Waals surface area contributed by atoms with Gasteiger partial charge in [-0.3, -0.25) is 4.79 Å². The second-order valence-corrected chi connectivity index (χ2v) is 5.03. The number of aromatic nitrogens is 1. The number of carbonyl (C=O) groups is 1. The van der Waals surface area contributed by atoms with Crippen LogP contribution in [0.25, 0.3) is 17.0 Å². The highest BCUT2D eigenvalue weighted by Crippen LogP contribution is 2.25. The fourth-order valence-electron chi connectivity index (χ4n) is 2.06. The predicted octanol–water partition coefficient (Wildman–Crippen LogP) is 2.00. The number of fused-ring (bicyclic) bond motifs is 1. The topological polar surface area (TPSA) is 83.0 Å². The van der Waals surface area contributed by atoms with E-state index in [2.05, 4.69) is 4.98 Å². The van der Waals surface area contributed by atoms with Gasteiger partial charge in [0.1, 0.15) is 17.5 Å². The van der Waals surface area contributed by atoms with Gasteiger partial charge in [-0.2, -0.15) is 5.26 Å². The zero-order chi connectivity index (χ0) is 15.6. The highest BCUT2D eigenvalue weighted by molar-refractivity contribution is 6.01. The summed E-state index contributed by atoms with van der Waals surface area (Å²) in [5.74, 6) is -0.0618. The molecule has 0 radical (unpaired) electrons. The molecular weight excluding hydrogens is 264 g/mol. The van der Waals surface area contributed by atoms with E-state index in [4.69, 9.17) is 11.0 Å².